The zero-order valence-electron chi connectivity index (χ0n) is 18.0. The van der Waals surface area contributed by atoms with Crippen LogP contribution in [0.25, 0.3) is 0 Å². The van der Waals surface area contributed by atoms with Crippen LogP contribution in [0, 0.1) is 0 Å². The lowest BCUT2D eigenvalue weighted by molar-refractivity contribution is -0.139. The summed E-state index contributed by atoms with van der Waals surface area (Å²) in [4.78, 5) is 37.5. The molecule has 2 aromatic carbocycles. The number of sulfonamides is 1. The molecule has 0 bridgehead atoms. The van der Waals surface area contributed by atoms with E-state index >= 15 is 0 Å². The van der Waals surface area contributed by atoms with Gasteiger partial charge < -0.3 is 20.1 Å². The van der Waals surface area contributed by atoms with Gasteiger partial charge in [-0.15, -0.1) is 0 Å². The lowest BCUT2D eigenvalue weighted by atomic mass is 9.95. The number of ether oxygens (including phenoxy) is 2. The van der Waals surface area contributed by atoms with Crippen molar-refractivity contribution >= 4 is 28.0 Å². The van der Waals surface area contributed by atoms with Crippen molar-refractivity contribution < 1.29 is 32.3 Å². The van der Waals surface area contributed by atoms with Crippen molar-refractivity contribution in [1.29, 1.82) is 0 Å². The molecule has 10 nitrogen and oxygen atoms in total. The molecule has 3 rings (SSSR count). The molecule has 33 heavy (non-hydrogen) atoms. The summed E-state index contributed by atoms with van der Waals surface area (Å²) in [5.41, 5.74) is 0.800. The molecule has 3 N–H and O–H groups in total. The van der Waals surface area contributed by atoms with E-state index < -0.39 is 40.6 Å². The van der Waals surface area contributed by atoms with Crippen LogP contribution in [0.5, 0.6) is 0 Å². The largest absolute Gasteiger partial charge is 0.463 e. The second kappa shape index (κ2) is 10.3. The van der Waals surface area contributed by atoms with Gasteiger partial charge in [-0.25, -0.2) is 27.5 Å². The van der Waals surface area contributed by atoms with Crippen LogP contribution in [0.15, 0.2) is 70.8 Å². The maximum Gasteiger partial charge on any atom is 0.338 e. The van der Waals surface area contributed by atoms with Gasteiger partial charge in [0, 0.05) is 0 Å². The second-order valence-electron chi connectivity index (χ2n) is 6.87. The number of carbonyl (C=O) groups excluding carboxylic acids is 3. The topological polar surface area (TPSA) is 140 Å². The van der Waals surface area contributed by atoms with Crippen LogP contribution >= 0.6 is 0 Å². The van der Waals surface area contributed by atoms with Gasteiger partial charge >= 0.3 is 18.0 Å². The summed E-state index contributed by atoms with van der Waals surface area (Å²) in [5, 5.41) is 5.18. The van der Waals surface area contributed by atoms with E-state index in [0.717, 1.165) is 0 Å². The first kappa shape index (κ1) is 24.0. The van der Waals surface area contributed by atoms with Crippen molar-refractivity contribution in [2.75, 3.05) is 20.3 Å². The number of amides is 2. The molecule has 0 radical (unpaired) electrons. The summed E-state index contributed by atoms with van der Waals surface area (Å²) in [6.45, 7) is 1.32. The van der Waals surface area contributed by atoms with E-state index in [1.54, 1.807) is 37.3 Å². The van der Waals surface area contributed by atoms with Gasteiger partial charge in [-0.2, -0.15) is 0 Å². The van der Waals surface area contributed by atoms with Crippen molar-refractivity contribution in [2.24, 2.45) is 0 Å². The van der Waals surface area contributed by atoms with Crippen LogP contribution in [-0.4, -0.2) is 46.6 Å². The van der Waals surface area contributed by atoms with Gasteiger partial charge in [0.1, 0.15) is 6.61 Å². The lowest BCUT2D eigenvalue weighted by Gasteiger charge is -2.29. The van der Waals surface area contributed by atoms with Crippen LogP contribution in [0.2, 0.25) is 0 Å². The number of carbonyl (C=O) groups is 3. The molecule has 2 aromatic rings. The summed E-state index contributed by atoms with van der Waals surface area (Å²) in [6, 6.07) is 12.7. The third kappa shape index (κ3) is 5.57. The van der Waals surface area contributed by atoms with E-state index in [4.69, 9.17) is 9.47 Å². The molecule has 1 aliphatic rings. The van der Waals surface area contributed by atoms with Crippen LogP contribution in [0.3, 0.4) is 0 Å². The van der Waals surface area contributed by atoms with Crippen LogP contribution in [0.1, 0.15) is 28.9 Å². The smallest absolute Gasteiger partial charge is 0.338 e. The predicted octanol–water partition coefficient (Wildman–Crippen LogP) is 1.62. The Balaban J connectivity index is 1.90. The van der Waals surface area contributed by atoms with Gasteiger partial charge in [0.2, 0.25) is 10.0 Å². The average molecular weight is 474 g/mol. The summed E-state index contributed by atoms with van der Waals surface area (Å²) in [7, 11) is -2.50. The zero-order valence-corrected chi connectivity index (χ0v) is 18.8. The Kier molecular flexibility index (Phi) is 7.46. The van der Waals surface area contributed by atoms with E-state index in [2.05, 4.69) is 15.4 Å². The molecular weight excluding hydrogens is 450 g/mol. The maximum atomic E-state index is 12.7. The third-order valence-corrected chi connectivity index (χ3v) is 6.19. The molecule has 1 atom stereocenters. The normalized spacial score (nSPS) is 15.9. The summed E-state index contributed by atoms with van der Waals surface area (Å²) >= 11 is 0. The highest BCUT2D eigenvalue weighted by molar-refractivity contribution is 7.89. The Morgan fingerprint density at radius 2 is 1.76 bits per heavy atom. The number of rotatable bonds is 8. The molecule has 0 saturated heterocycles. The SMILES string of the molecule is CCOC(=O)C1=C(COC(=O)c2cccc(S(=O)(=O)NC)c2)NC(=O)N[C@H]1c1ccccc1. The molecule has 1 aliphatic heterocycles. The summed E-state index contributed by atoms with van der Waals surface area (Å²) in [6.07, 6.45) is 0. The molecule has 0 fully saturated rings. The lowest BCUT2D eigenvalue weighted by Crippen LogP contribution is -2.47. The van der Waals surface area contributed by atoms with Gasteiger partial charge in [-0.05, 0) is 37.7 Å². The minimum Gasteiger partial charge on any atom is -0.463 e. The number of hydrogen-bond acceptors (Lipinski definition) is 7. The van der Waals surface area contributed by atoms with Crippen LogP contribution < -0.4 is 15.4 Å². The quantitative estimate of drug-likeness (QED) is 0.495. The van der Waals surface area contributed by atoms with E-state index in [1.165, 1.54) is 31.3 Å². The number of benzene rings is 2. The second-order valence-corrected chi connectivity index (χ2v) is 8.75. The first-order chi connectivity index (χ1) is 15.8. The minimum atomic E-state index is -3.75. The highest BCUT2D eigenvalue weighted by atomic mass is 32.2. The van der Waals surface area contributed by atoms with Crippen molar-refractivity contribution in [2.45, 2.75) is 17.9 Å². The molecule has 174 valence electrons. The van der Waals surface area contributed by atoms with Crippen molar-refractivity contribution in [3.63, 3.8) is 0 Å². The molecule has 0 saturated carbocycles. The summed E-state index contributed by atoms with van der Waals surface area (Å²) in [5.74, 6) is -1.50. The van der Waals surface area contributed by atoms with Gasteiger partial charge in [0.05, 0.1) is 34.4 Å². The van der Waals surface area contributed by atoms with Crippen molar-refractivity contribution in [3.05, 3.63) is 77.0 Å². The monoisotopic (exact) mass is 473 g/mol. The Morgan fingerprint density at radius 1 is 1.03 bits per heavy atom. The van der Waals surface area contributed by atoms with Gasteiger partial charge in [-0.1, -0.05) is 36.4 Å². The average Bonchev–Trinajstić information content (AvgIpc) is 2.82. The number of esters is 2. The van der Waals surface area contributed by atoms with Gasteiger partial charge in [0.15, 0.2) is 0 Å². The highest BCUT2D eigenvalue weighted by Crippen LogP contribution is 2.28. The first-order valence-corrected chi connectivity index (χ1v) is 11.5. The zero-order chi connectivity index (χ0) is 24.0. The highest BCUT2D eigenvalue weighted by Gasteiger charge is 2.34. The molecule has 0 unspecified atom stereocenters. The Bertz CT molecular complexity index is 1190. The fourth-order valence-corrected chi connectivity index (χ4v) is 3.98. The Hall–Kier alpha value is -3.70. The number of urea groups is 1. The Labute approximate surface area is 191 Å². The maximum absolute atomic E-state index is 12.7. The molecule has 1 heterocycles. The van der Waals surface area contributed by atoms with E-state index in [0.29, 0.717) is 5.56 Å². The molecule has 2 amide bonds. The standard InChI is InChI=1S/C22H23N3O7S/c1-3-31-21(27)18-17(24-22(28)25-19(18)14-8-5-4-6-9-14)13-32-20(26)15-10-7-11-16(12-15)33(29,30)23-2/h4-12,19,23H,3,13H2,1-2H3,(H2,24,25,28)/t19-/m0/s1. The number of nitrogens with one attached hydrogen (secondary N) is 3. The molecular formula is C22H23N3O7S. The number of hydrogen-bond donors (Lipinski definition) is 3. The van der Waals surface area contributed by atoms with E-state index in [9.17, 15) is 22.8 Å². The van der Waals surface area contributed by atoms with Crippen LogP contribution in [0.4, 0.5) is 4.79 Å². The molecule has 0 spiro atoms. The predicted molar refractivity (Wildman–Crippen MR) is 117 cm³/mol. The van der Waals surface area contributed by atoms with Gasteiger partial charge in [-0.3, -0.25) is 0 Å². The fourth-order valence-electron chi connectivity index (χ4n) is 3.21. The van der Waals surface area contributed by atoms with Crippen molar-refractivity contribution in [1.82, 2.24) is 15.4 Å². The molecule has 0 aliphatic carbocycles. The van der Waals surface area contributed by atoms with Crippen LogP contribution in [-0.2, 0) is 24.3 Å². The summed E-state index contributed by atoms with van der Waals surface area (Å²) < 4.78 is 36.6. The third-order valence-electron chi connectivity index (χ3n) is 4.78. The van der Waals surface area contributed by atoms with E-state index in [1.807, 2.05) is 0 Å². The Morgan fingerprint density at radius 3 is 2.42 bits per heavy atom. The molecule has 11 heteroatoms. The molecule has 0 aromatic heterocycles. The minimum absolute atomic E-state index is 0.00974. The van der Waals surface area contributed by atoms with Gasteiger partial charge in [0.25, 0.3) is 0 Å². The van der Waals surface area contributed by atoms with Crippen molar-refractivity contribution in [3.8, 4) is 0 Å². The van der Waals surface area contributed by atoms with E-state index in [-0.39, 0.29) is 28.3 Å². The first-order valence-electron chi connectivity index (χ1n) is 10.00. The fraction of sp³-hybridized carbons (Fsp3) is 0.227.